The molecular weight excluding hydrogens is 528 g/mol. The van der Waals surface area contributed by atoms with Gasteiger partial charge in [0.1, 0.15) is 0 Å². The lowest BCUT2D eigenvalue weighted by atomic mass is 9.98. The fourth-order valence-electron chi connectivity index (χ4n) is 5.50. The summed E-state index contributed by atoms with van der Waals surface area (Å²) < 4.78 is 1.09. The molecule has 2 aromatic carbocycles. The number of hydrogen-bond donors (Lipinski definition) is 0. The standard InChI is InChI=1S/C35H45BrN2/c1-2-3-4-5-6-7-8-9-10-11-12-13-14-17-25-38-26-24-29(32-18-15-16-19-35(32)38)20-21-30-28-37-34-23-22-31(36)27-33(30)34/h15-16,18-24,26-28H,2-14,17,25H2,1H3/b29-20-,30-21-. The van der Waals surface area contributed by atoms with Gasteiger partial charge < -0.3 is 4.90 Å². The Labute approximate surface area is 239 Å². The van der Waals surface area contributed by atoms with Gasteiger partial charge in [0.15, 0.2) is 0 Å². The Balaban J connectivity index is 1.18. The molecule has 0 saturated heterocycles. The van der Waals surface area contributed by atoms with Crippen LogP contribution in [0.3, 0.4) is 0 Å². The van der Waals surface area contributed by atoms with Crippen molar-refractivity contribution in [2.75, 3.05) is 11.4 Å². The molecule has 2 aromatic rings. The topological polar surface area (TPSA) is 15.6 Å². The third kappa shape index (κ3) is 8.56. The van der Waals surface area contributed by atoms with Gasteiger partial charge in [0.25, 0.3) is 0 Å². The van der Waals surface area contributed by atoms with Crippen molar-refractivity contribution in [2.45, 2.75) is 96.8 Å². The maximum Gasteiger partial charge on any atom is 0.0709 e. The lowest BCUT2D eigenvalue weighted by Gasteiger charge is -2.27. The first-order valence-electron chi connectivity index (χ1n) is 15.1. The Morgan fingerprint density at radius 3 is 2.05 bits per heavy atom. The van der Waals surface area contributed by atoms with E-state index in [1.165, 1.54) is 112 Å². The number of benzene rings is 2. The molecule has 2 aliphatic rings. The highest BCUT2D eigenvalue weighted by molar-refractivity contribution is 9.10. The van der Waals surface area contributed by atoms with E-state index in [2.05, 4.69) is 93.6 Å². The molecule has 0 unspecified atom stereocenters. The molecule has 0 N–H and O–H groups in total. The van der Waals surface area contributed by atoms with Crippen LogP contribution in [-0.2, 0) is 0 Å². The second kappa shape index (κ2) is 15.9. The zero-order valence-electron chi connectivity index (χ0n) is 23.3. The molecule has 2 aliphatic heterocycles. The van der Waals surface area contributed by atoms with E-state index >= 15 is 0 Å². The van der Waals surface area contributed by atoms with Gasteiger partial charge >= 0.3 is 0 Å². The molecule has 2 nitrogen and oxygen atoms in total. The van der Waals surface area contributed by atoms with Crippen LogP contribution in [0, 0.1) is 0 Å². The van der Waals surface area contributed by atoms with Crippen molar-refractivity contribution in [3.8, 4) is 0 Å². The Morgan fingerprint density at radius 2 is 1.34 bits per heavy atom. The first kappa shape index (κ1) is 28.6. The van der Waals surface area contributed by atoms with Crippen LogP contribution in [0.1, 0.15) is 108 Å². The number of rotatable bonds is 16. The van der Waals surface area contributed by atoms with Crippen LogP contribution in [0.25, 0.3) is 11.1 Å². The van der Waals surface area contributed by atoms with Crippen LogP contribution in [0.2, 0.25) is 0 Å². The number of anilines is 1. The fourth-order valence-corrected chi connectivity index (χ4v) is 5.86. The highest BCUT2D eigenvalue weighted by Crippen LogP contribution is 2.36. The van der Waals surface area contributed by atoms with Crippen LogP contribution >= 0.6 is 15.9 Å². The molecule has 3 heteroatoms. The van der Waals surface area contributed by atoms with Gasteiger partial charge in [-0.1, -0.05) is 137 Å². The fraction of sp³-hybridized carbons (Fsp3) is 0.457. The van der Waals surface area contributed by atoms with Crippen LogP contribution in [0.15, 0.2) is 76.4 Å². The zero-order valence-corrected chi connectivity index (χ0v) is 24.9. The number of para-hydroxylation sites is 1. The van der Waals surface area contributed by atoms with Gasteiger partial charge in [-0.15, -0.1) is 0 Å². The Hall–Kier alpha value is -2.39. The van der Waals surface area contributed by atoms with Gasteiger partial charge in [0, 0.05) is 45.8 Å². The molecule has 2 heterocycles. The number of aliphatic imine (C=N–C) groups is 1. The van der Waals surface area contributed by atoms with E-state index in [0.29, 0.717) is 0 Å². The quantitative estimate of drug-likeness (QED) is 0.182. The molecule has 0 bridgehead atoms. The summed E-state index contributed by atoms with van der Waals surface area (Å²) in [5.74, 6) is 0. The molecule has 0 saturated carbocycles. The molecule has 0 fully saturated rings. The molecule has 0 spiro atoms. The van der Waals surface area contributed by atoms with Crippen molar-refractivity contribution in [3.05, 3.63) is 82.5 Å². The van der Waals surface area contributed by atoms with Crippen molar-refractivity contribution in [3.63, 3.8) is 0 Å². The average Bonchev–Trinajstić information content (AvgIpc) is 3.34. The SMILES string of the molecule is CCCCCCCCCCCCCCCCN1C=C/C(=C/C=C2/C=Nc3ccc(Br)cc32)c2ccccc21. The highest BCUT2D eigenvalue weighted by Gasteiger charge is 2.16. The minimum Gasteiger partial charge on any atom is -0.347 e. The number of halogens is 1. The van der Waals surface area contributed by atoms with Gasteiger partial charge in [0.2, 0.25) is 0 Å². The largest absolute Gasteiger partial charge is 0.347 e. The number of nitrogens with zero attached hydrogens (tertiary/aromatic N) is 2. The Morgan fingerprint density at radius 1 is 0.711 bits per heavy atom. The van der Waals surface area contributed by atoms with Crippen molar-refractivity contribution in [1.29, 1.82) is 0 Å². The molecule has 4 rings (SSSR count). The monoisotopic (exact) mass is 572 g/mol. The molecule has 38 heavy (non-hydrogen) atoms. The third-order valence-electron chi connectivity index (χ3n) is 7.77. The number of hydrogen-bond acceptors (Lipinski definition) is 2. The maximum atomic E-state index is 4.56. The summed E-state index contributed by atoms with van der Waals surface area (Å²) in [6.45, 7) is 3.39. The maximum absolute atomic E-state index is 4.56. The summed E-state index contributed by atoms with van der Waals surface area (Å²) in [6, 6.07) is 15.1. The smallest absolute Gasteiger partial charge is 0.0709 e. The molecular formula is C35H45BrN2. The molecule has 202 valence electrons. The van der Waals surface area contributed by atoms with Crippen LogP contribution in [-0.4, -0.2) is 12.8 Å². The molecule has 0 amide bonds. The van der Waals surface area contributed by atoms with Gasteiger partial charge in [0.05, 0.1) is 5.69 Å². The summed E-state index contributed by atoms with van der Waals surface area (Å²) in [5.41, 5.74) is 7.26. The van der Waals surface area contributed by atoms with E-state index in [1.807, 2.05) is 12.3 Å². The Kier molecular flexibility index (Phi) is 12.0. The van der Waals surface area contributed by atoms with Gasteiger partial charge in [-0.3, -0.25) is 4.99 Å². The van der Waals surface area contributed by atoms with Crippen molar-refractivity contribution in [2.24, 2.45) is 4.99 Å². The summed E-state index contributed by atoms with van der Waals surface area (Å²) in [5, 5.41) is 0. The summed E-state index contributed by atoms with van der Waals surface area (Å²) in [4.78, 5) is 6.99. The van der Waals surface area contributed by atoms with Crippen molar-refractivity contribution < 1.29 is 0 Å². The molecule has 0 aliphatic carbocycles. The van der Waals surface area contributed by atoms with E-state index in [4.69, 9.17) is 0 Å². The van der Waals surface area contributed by atoms with Crippen molar-refractivity contribution in [1.82, 2.24) is 0 Å². The minimum absolute atomic E-state index is 1.04. The van der Waals surface area contributed by atoms with E-state index in [0.717, 1.165) is 22.3 Å². The second-order valence-electron chi connectivity index (χ2n) is 10.8. The third-order valence-corrected chi connectivity index (χ3v) is 8.26. The normalized spacial score (nSPS) is 16.0. The van der Waals surface area contributed by atoms with E-state index in [9.17, 15) is 0 Å². The van der Waals surface area contributed by atoms with Gasteiger partial charge in [-0.2, -0.15) is 0 Å². The highest BCUT2D eigenvalue weighted by atomic mass is 79.9. The first-order valence-corrected chi connectivity index (χ1v) is 15.9. The van der Waals surface area contributed by atoms with Crippen LogP contribution < -0.4 is 4.90 Å². The Bertz CT molecular complexity index is 1140. The lowest BCUT2D eigenvalue weighted by Crippen LogP contribution is -2.21. The summed E-state index contributed by atoms with van der Waals surface area (Å²) >= 11 is 3.59. The number of allylic oxidation sites excluding steroid dienone is 5. The van der Waals surface area contributed by atoms with Crippen molar-refractivity contribution >= 4 is 44.7 Å². The number of fused-ring (bicyclic) bond motifs is 2. The zero-order chi connectivity index (χ0) is 26.4. The molecule has 0 aromatic heterocycles. The summed E-state index contributed by atoms with van der Waals surface area (Å²) in [7, 11) is 0. The first-order chi connectivity index (χ1) is 18.8. The van der Waals surface area contributed by atoms with E-state index in [-0.39, 0.29) is 0 Å². The van der Waals surface area contributed by atoms with E-state index in [1.54, 1.807) is 0 Å². The second-order valence-corrected chi connectivity index (χ2v) is 11.7. The molecule has 0 atom stereocenters. The minimum atomic E-state index is 1.04. The predicted octanol–water partition coefficient (Wildman–Crippen LogP) is 11.4. The van der Waals surface area contributed by atoms with Crippen LogP contribution in [0.5, 0.6) is 0 Å². The average molecular weight is 574 g/mol. The number of unbranched alkanes of at least 4 members (excludes halogenated alkanes) is 13. The predicted molar refractivity (Wildman–Crippen MR) is 171 cm³/mol. The van der Waals surface area contributed by atoms with E-state index < -0.39 is 0 Å². The van der Waals surface area contributed by atoms with Crippen LogP contribution in [0.4, 0.5) is 11.4 Å². The van der Waals surface area contributed by atoms with Gasteiger partial charge in [-0.05, 0) is 42.3 Å². The molecule has 0 radical (unpaired) electrons. The summed E-state index contributed by atoms with van der Waals surface area (Å²) in [6.07, 6.45) is 30.5. The van der Waals surface area contributed by atoms with Gasteiger partial charge in [-0.25, -0.2) is 0 Å². The lowest BCUT2D eigenvalue weighted by molar-refractivity contribution is 0.536.